The fourth-order valence-corrected chi connectivity index (χ4v) is 1.74. The summed E-state index contributed by atoms with van der Waals surface area (Å²) in [5, 5.41) is 10.1. The van der Waals surface area contributed by atoms with Gasteiger partial charge in [-0.05, 0) is 32.0 Å². The maximum absolute atomic E-state index is 12.2. The molecule has 5 heteroatoms. The zero-order valence-corrected chi connectivity index (χ0v) is 11.4. The van der Waals surface area contributed by atoms with E-state index >= 15 is 0 Å². The molecule has 0 aliphatic carbocycles. The minimum atomic E-state index is -0.216. The highest BCUT2D eigenvalue weighted by molar-refractivity contribution is 6.30. The van der Waals surface area contributed by atoms with Gasteiger partial charge in [0.25, 0.3) is 5.91 Å². The van der Waals surface area contributed by atoms with Gasteiger partial charge in [-0.3, -0.25) is 4.79 Å². The molecule has 0 unspecified atom stereocenters. The SMILES string of the molecule is CCOCCN(CC)C(=O)c1ccc(Cl)cc1O. The molecular weight excluding hydrogens is 254 g/mol. The number of benzene rings is 1. The number of phenols is 1. The molecule has 0 fully saturated rings. The topological polar surface area (TPSA) is 49.8 Å². The monoisotopic (exact) mass is 271 g/mol. The predicted molar refractivity (Wildman–Crippen MR) is 71.2 cm³/mol. The number of phenolic OH excluding ortho intramolecular Hbond substituents is 1. The zero-order valence-electron chi connectivity index (χ0n) is 10.6. The van der Waals surface area contributed by atoms with Crippen molar-refractivity contribution in [3.05, 3.63) is 28.8 Å². The third kappa shape index (κ3) is 3.89. The number of rotatable bonds is 6. The molecule has 1 rings (SSSR count). The number of amides is 1. The molecule has 18 heavy (non-hydrogen) atoms. The molecule has 0 saturated heterocycles. The van der Waals surface area contributed by atoms with Crippen LogP contribution in [0.4, 0.5) is 0 Å². The summed E-state index contributed by atoms with van der Waals surface area (Å²) in [6.07, 6.45) is 0. The van der Waals surface area contributed by atoms with E-state index in [1.54, 1.807) is 11.0 Å². The molecule has 4 nitrogen and oxygen atoms in total. The standard InChI is InChI=1S/C13H18ClNO3/c1-3-15(7-8-18-4-2)13(17)11-6-5-10(14)9-12(11)16/h5-6,9,16H,3-4,7-8H2,1-2H3. The van der Waals surface area contributed by atoms with Crippen LogP contribution in [0.2, 0.25) is 5.02 Å². The number of aromatic hydroxyl groups is 1. The maximum Gasteiger partial charge on any atom is 0.257 e. The second-order valence-corrected chi connectivity index (χ2v) is 4.18. The van der Waals surface area contributed by atoms with Gasteiger partial charge in [0, 0.05) is 24.7 Å². The van der Waals surface area contributed by atoms with Crippen molar-refractivity contribution in [2.75, 3.05) is 26.3 Å². The normalized spacial score (nSPS) is 10.4. The van der Waals surface area contributed by atoms with Gasteiger partial charge in [-0.2, -0.15) is 0 Å². The van der Waals surface area contributed by atoms with Crippen LogP contribution in [0.15, 0.2) is 18.2 Å². The van der Waals surface area contributed by atoms with Gasteiger partial charge < -0.3 is 14.7 Å². The predicted octanol–water partition coefficient (Wildman–Crippen LogP) is 2.54. The third-order valence-corrected chi connectivity index (χ3v) is 2.80. The van der Waals surface area contributed by atoms with E-state index in [1.165, 1.54) is 12.1 Å². The lowest BCUT2D eigenvalue weighted by Crippen LogP contribution is -2.33. The van der Waals surface area contributed by atoms with Crippen LogP contribution in [0.5, 0.6) is 5.75 Å². The first-order valence-corrected chi connectivity index (χ1v) is 6.33. The summed E-state index contributed by atoms with van der Waals surface area (Å²) in [6, 6.07) is 4.49. The Labute approximate surface area is 112 Å². The summed E-state index contributed by atoms with van der Waals surface area (Å²) in [5.41, 5.74) is 0.262. The van der Waals surface area contributed by atoms with Crippen molar-refractivity contribution < 1.29 is 14.6 Å². The Kier molecular flexibility index (Phi) is 5.95. The third-order valence-electron chi connectivity index (χ3n) is 2.57. The molecule has 0 spiro atoms. The fourth-order valence-electron chi connectivity index (χ4n) is 1.58. The average Bonchev–Trinajstić information content (AvgIpc) is 2.34. The van der Waals surface area contributed by atoms with Crippen molar-refractivity contribution in [1.82, 2.24) is 4.90 Å². The van der Waals surface area contributed by atoms with E-state index in [4.69, 9.17) is 16.3 Å². The van der Waals surface area contributed by atoms with Crippen LogP contribution in [0, 0.1) is 0 Å². The lowest BCUT2D eigenvalue weighted by Gasteiger charge is -2.21. The van der Waals surface area contributed by atoms with Crippen molar-refractivity contribution >= 4 is 17.5 Å². The van der Waals surface area contributed by atoms with E-state index in [9.17, 15) is 9.90 Å². The van der Waals surface area contributed by atoms with E-state index in [0.717, 1.165) is 0 Å². The molecule has 0 bridgehead atoms. The van der Waals surface area contributed by atoms with Crippen LogP contribution >= 0.6 is 11.6 Å². The summed E-state index contributed by atoms with van der Waals surface area (Å²) in [4.78, 5) is 13.8. The van der Waals surface area contributed by atoms with Gasteiger partial charge in [-0.25, -0.2) is 0 Å². The minimum Gasteiger partial charge on any atom is -0.507 e. The number of ether oxygens (including phenoxy) is 1. The number of halogens is 1. The van der Waals surface area contributed by atoms with E-state index < -0.39 is 0 Å². The summed E-state index contributed by atoms with van der Waals surface area (Å²) in [6.45, 7) is 5.97. The maximum atomic E-state index is 12.2. The molecular formula is C13H18ClNO3. The largest absolute Gasteiger partial charge is 0.507 e. The van der Waals surface area contributed by atoms with Crippen molar-refractivity contribution in [1.29, 1.82) is 0 Å². The second-order valence-electron chi connectivity index (χ2n) is 3.74. The van der Waals surface area contributed by atoms with Gasteiger partial charge in [-0.15, -0.1) is 0 Å². The number of likely N-dealkylation sites (N-methyl/N-ethyl adjacent to an activating group) is 1. The molecule has 1 N–H and O–H groups in total. The van der Waals surface area contributed by atoms with Gasteiger partial charge in [0.1, 0.15) is 5.75 Å². The summed E-state index contributed by atoms with van der Waals surface area (Å²) in [7, 11) is 0. The Morgan fingerprint density at radius 3 is 2.72 bits per heavy atom. The van der Waals surface area contributed by atoms with E-state index in [0.29, 0.717) is 31.3 Å². The fraction of sp³-hybridized carbons (Fsp3) is 0.462. The quantitative estimate of drug-likeness (QED) is 0.809. The van der Waals surface area contributed by atoms with Crippen molar-refractivity contribution in [3.8, 4) is 5.75 Å². The van der Waals surface area contributed by atoms with Crippen molar-refractivity contribution in [3.63, 3.8) is 0 Å². The van der Waals surface area contributed by atoms with Gasteiger partial charge in [-0.1, -0.05) is 11.6 Å². The summed E-state index contributed by atoms with van der Waals surface area (Å²) >= 11 is 5.73. The number of nitrogens with zero attached hydrogens (tertiary/aromatic N) is 1. The van der Waals surface area contributed by atoms with E-state index in [-0.39, 0.29) is 17.2 Å². The van der Waals surface area contributed by atoms with Crippen LogP contribution in [0.25, 0.3) is 0 Å². The second kappa shape index (κ2) is 7.24. The first kappa shape index (κ1) is 14.8. The number of carbonyl (C=O) groups excluding carboxylic acids is 1. The van der Waals surface area contributed by atoms with Crippen molar-refractivity contribution in [2.45, 2.75) is 13.8 Å². The number of hydrogen-bond donors (Lipinski definition) is 1. The van der Waals surface area contributed by atoms with Gasteiger partial charge in [0.15, 0.2) is 0 Å². The molecule has 100 valence electrons. The molecule has 0 aromatic heterocycles. The first-order valence-electron chi connectivity index (χ1n) is 5.95. The van der Waals surface area contributed by atoms with Crippen LogP contribution < -0.4 is 0 Å². The van der Waals surface area contributed by atoms with Crippen LogP contribution in [0.3, 0.4) is 0 Å². The van der Waals surface area contributed by atoms with Crippen molar-refractivity contribution in [2.24, 2.45) is 0 Å². The van der Waals surface area contributed by atoms with Gasteiger partial charge in [0.2, 0.25) is 0 Å². The summed E-state index contributed by atoms with van der Waals surface area (Å²) in [5.74, 6) is -0.311. The molecule has 0 saturated carbocycles. The minimum absolute atomic E-state index is 0.0950. The Balaban J connectivity index is 2.76. The van der Waals surface area contributed by atoms with E-state index in [2.05, 4.69) is 0 Å². The van der Waals surface area contributed by atoms with Crippen LogP contribution in [0.1, 0.15) is 24.2 Å². The highest BCUT2D eigenvalue weighted by Crippen LogP contribution is 2.23. The molecule has 0 radical (unpaired) electrons. The average molecular weight is 272 g/mol. The summed E-state index contributed by atoms with van der Waals surface area (Å²) < 4.78 is 5.22. The molecule has 0 aliphatic heterocycles. The number of carbonyl (C=O) groups is 1. The van der Waals surface area contributed by atoms with E-state index in [1.807, 2.05) is 13.8 Å². The Morgan fingerprint density at radius 1 is 1.44 bits per heavy atom. The Bertz CT molecular complexity index is 409. The van der Waals surface area contributed by atoms with Crippen LogP contribution in [-0.2, 0) is 4.74 Å². The highest BCUT2D eigenvalue weighted by atomic mass is 35.5. The van der Waals surface area contributed by atoms with Crippen LogP contribution in [-0.4, -0.2) is 42.2 Å². The molecule has 0 aliphatic rings. The molecule has 1 amide bonds. The molecule has 1 aromatic carbocycles. The molecule has 0 atom stereocenters. The lowest BCUT2D eigenvalue weighted by atomic mass is 10.1. The Hall–Kier alpha value is -1.26. The van der Waals surface area contributed by atoms with Gasteiger partial charge in [0.05, 0.1) is 12.2 Å². The number of hydrogen-bond acceptors (Lipinski definition) is 3. The zero-order chi connectivity index (χ0) is 13.5. The Morgan fingerprint density at radius 2 is 2.17 bits per heavy atom. The van der Waals surface area contributed by atoms with Gasteiger partial charge >= 0.3 is 0 Å². The molecule has 0 heterocycles. The highest BCUT2D eigenvalue weighted by Gasteiger charge is 2.17. The lowest BCUT2D eigenvalue weighted by molar-refractivity contribution is 0.0666. The smallest absolute Gasteiger partial charge is 0.257 e. The first-order chi connectivity index (χ1) is 8.60. The molecule has 1 aromatic rings.